The summed E-state index contributed by atoms with van der Waals surface area (Å²) in [6.07, 6.45) is -1.06. The standard InChI is InChI=1S/C24H23ClF2N2O2/c1-28-15-23(30)24(16-5-3-2-4-6-16,17-11-19(26)14-20(27)12-17)29-9-10-31-22-8-7-18(25)13-21(22)29/h2-8,11-14,23,28,30H,9-10,15H2,1H3. The zero-order valence-electron chi connectivity index (χ0n) is 17.0. The van der Waals surface area contributed by atoms with Gasteiger partial charge in [0.15, 0.2) is 0 Å². The summed E-state index contributed by atoms with van der Waals surface area (Å²) in [4.78, 5) is 1.93. The van der Waals surface area contributed by atoms with Gasteiger partial charge in [0, 0.05) is 17.6 Å². The van der Waals surface area contributed by atoms with E-state index in [4.69, 9.17) is 16.3 Å². The quantitative estimate of drug-likeness (QED) is 0.593. The van der Waals surface area contributed by atoms with Gasteiger partial charge in [-0.3, -0.25) is 0 Å². The van der Waals surface area contributed by atoms with E-state index in [2.05, 4.69) is 5.32 Å². The normalized spacial score (nSPS) is 16.2. The lowest BCUT2D eigenvalue weighted by Crippen LogP contribution is -2.59. The van der Waals surface area contributed by atoms with Crippen molar-refractivity contribution in [3.63, 3.8) is 0 Å². The van der Waals surface area contributed by atoms with Crippen LogP contribution in [0.2, 0.25) is 5.02 Å². The second-order valence-electron chi connectivity index (χ2n) is 7.48. The molecule has 0 amide bonds. The molecule has 3 aromatic rings. The van der Waals surface area contributed by atoms with Crippen LogP contribution in [0.4, 0.5) is 14.5 Å². The van der Waals surface area contributed by atoms with Crippen molar-refractivity contribution in [1.29, 1.82) is 0 Å². The fraction of sp³-hybridized carbons (Fsp3) is 0.250. The Morgan fingerprint density at radius 3 is 2.45 bits per heavy atom. The monoisotopic (exact) mass is 444 g/mol. The summed E-state index contributed by atoms with van der Waals surface area (Å²) in [7, 11) is 1.72. The van der Waals surface area contributed by atoms with Gasteiger partial charge in [-0.05, 0) is 48.5 Å². The topological polar surface area (TPSA) is 44.7 Å². The fourth-order valence-electron chi connectivity index (χ4n) is 4.41. The predicted octanol–water partition coefficient (Wildman–Crippen LogP) is 4.34. The Morgan fingerprint density at radius 1 is 1.06 bits per heavy atom. The molecule has 0 aliphatic carbocycles. The van der Waals surface area contributed by atoms with Gasteiger partial charge >= 0.3 is 0 Å². The minimum absolute atomic E-state index is 0.181. The van der Waals surface area contributed by atoms with E-state index >= 15 is 0 Å². The molecule has 0 fully saturated rings. The van der Waals surface area contributed by atoms with E-state index in [0.29, 0.717) is 40.7 Å². The van der Waals surface area contributed by atoms with Gasteiger partial charge in [0.1, 0.15) is 29.5 Å². The lowest BCUT2D eigenvalue weighted by molar-refractivity contribution is 0.0941. The highest BCUT2D eigenvalue weighted by Gasteiger charge is 2.48. The molecule has 0 saturated carbocycles. The summed E-state index contributed by atoms with van der Waals surface area (Å²) in [5.41, 5.74) is 0.320. The highest BCUT2D eigenvalue weighted by molar-refractivity contribution is 6.31. The largest absolute Gasteiger partial charge is 0.490 e. The molecule has 7 heteroatoms. The van der Waals surface area contributed by atoms with Crippen LogP contribution in [0.5, 0.6) is 5.75 Å². The molecular formula is C24H23ClF2N2O2. The first-order chi connectivity index (χ1) is 15.0. The number of likely N-dealkylation sites (N-methyl/N-ethyl adjacent to an activating group) is 1. The van der Waals surface area contributed by atoms with Gasteiger partial charge in [0.05, 0.1) is 18.3 Å². The number of benzene rings is 3. The Balaban J connectivity index is 2.07. The molecule has 2 atom stereocenters. The minimum atomic E-state index is -1.31. The first-order valence-corrected chi connectivity index (χ1v) is 10.4. The summed E-state index contributed by atoms with van der Waals surface area (Å²) < 4.78 is 34.7. The average molecular weight is 445 g/mol. The van der Waals surface area contributed by atoms with Crippen molar-refractivity contribution in [2.24, 2.45) is 0 Å². The molecule has 31 heavy (non-hydrogen) atoms. The lowest BCUT2D eigenvalue weighted by Gasteiger charge is -2.50. The SMILES string of the molecule is CNCC(O)C(c1ccccc1)(c1cc(F)cc(F)c1)N1CCOc2ccc(Cl)cc21. The molecule has 0 bridgehead atoms. The molecule has 1 aliphatic rings. The predicted molar refractivity (Wildman–Crippen MR) is 118 cm³/mol. The Morgan fingerprint density at radius 2 is 1.77 bits per heavy atom. The molecule has 0 spiro atoms. The maximum atomic E-state index is 14.4. The fourth-order valence-corrected chi connectivity index (χ4v) is 4.57. The Hall–Kier alpha value is -2.67. The molecular weight excluding hydrogens is 422 g/mol. The van der Waals surface area contributed by atoms with E-state index in [1.807, 2.05) is 35.2 Å². The summed E-state index contributed by atoms with van der Waals surface area (Å²) >= 11 is 6.30. The molecule has 2 unspecified atom stereocenters. The number of rotatable bonds is 6. The Kier molecular flexibility index (Phi) is 6.14. The summed E-state index contributed by atoms with van der Waals surface area (Å²) in [6.45, 7) is 0.898. The molecule has 1 heterocycles. The number of fused-ring (bicyclic) bond motifs is 1. The van der Waals surface area contributed by atoms with Crippen LogP contribution in [-0.2, 0) is 5.54 Å². The average Bonchev–Trinajstić information content (AvgIpc) is 2.75. The van der Waals surface area contributed by atoms with Gasteiger partial charge in [0.2, 0.25) is 0 Å². The van der Waals surface area contributed by atoms with Gasteiger partial charge in [-0.1, -0.05) is 41.9 Å². The van der Waals surface area contributed by atoms with Crippen LogP contribution in [0.1, 0.15) is 11.1 Å². The number of hydrogen-bond acceptors (Lipinski definition) is 4. The first kappa shape index (κ1) is 21.6. The van der Waals surface area contributed by atoms with Crippen LogP contribution in [0.3, 0.4) is 0 Å². The van der Waals surface area contributed by atoms with Crippen LogP contribution < -0.4 is 15.0 Å². The maximum absolute atomic E-state index is 14.4. The zero-order chi connectivity index (χ0) is 22.0. The van der Waals surface area contributed by atoms with Crippen LogP contribution in [-0.4, -0.2) is 38.0 Å². The van der Waals surface area contributed by atoms with Gasteiger partial charge in [0.25, 0.3) is 0 Å². The third-order valence-electron chi connectivity index (χ3n) is 5.61. The van der Waals surface area contributed by atoms with Gasteiger partial charge < -0.3 is 20.1 Å². The van der Waals surface area contributed by atoms with Gasteiger partial charge in [-0.15, -0.1) is 0 Å². The molecule has 4 nitrogen and oxygen atoms in total. The van der Waals surface area contributed by atoms with E-state index in [9.17, 15) is 13.9 Å². The molecule has 0 saturated heterocycles. The number of aliphatic hydroxyl groups is 1. The second kappa shape index (κ2) is 8.83. The number of hydrogen-bond donors (Lipinski definition) is 2. The van der Waals surface area contributed by atoms with Crippen molar-refractivity contribution in [3.05, 3.63) is 94.5 Å². The lowest BCUT2D eigenvalue weighted by atomic mass is 9.75. The molecule has 2 N–H and O–H groups in total. The number of anilines is 1. The summed E-state index contributed by atoms with van der Waals surface area (Å²) in [5, 5.41) is 15.1. The van der Waals surface area contributed by atoms with Crippen LogP contribution in [0.25, 0.3) is 0 Å². The third kappa shape index (κ3) is 3.87. The second-order valence-corrected chi connectivity index (χ2v) is 7.91. The van der Waals surface area contributed by atoms with E-state index in [-0.39, 0.29) is 6.54 Å². The maximum Gasteiger partial charge on any atom is 0.142 e. The molecule has 1 aliphatic heterocycles. The summed E-state index contributed by atoms with van der Waals surface area (Å²) in [6, 6.07) is 17.8. The Labute approximate surface area is 185 Å². The zero-order valence-corrected chi connectivity index (χ0v) is 17.7. The summed E-state index contributed by atoms with van der Waals surface area (Å²) in [5.74, 6) is -0.845. The molecule has 3 aromatic carbocycles. The number of nitrogens with zero attached hydrogens (tertiary/aromatic N) is 1. The molecule has 162 valence electrons. The van der Waals surface area contributed by atoms with Crippen molar-refractivity contribution >= 4 is 17.3 Å². The smallest absolute Gasteiger partial charge is 0.142 e. The molecule has 0 radical (unpaired) electrons. The third-order valence-corrected chi connectivity index (χ3v) is 5.84. The first-order valence-electron chi connectivity index (χ1n) is 10.0. The van der Waals surface area contributed by atoms with Crippen molar-refractivity contribution in [2.75, 3.05) is 31.6 Å². The Bertz CT molecular complexity index is 1050. The van der Waals surface area contributed by atoms with Gasteiger partial charge in [-0.25, -0.2) is 8.78 Å². The van der Waals surface area contributed by atoms with Crippen molar-refractivity contribution in [2.45, 2.75) is 11.6 Å². The van der Waals surface area contributed by atoms with Crippen LogP contribution in [0.15, 0.2) is 66.7 Å². The van der Waals surface area contributed by atoms with Crippen LogP contribution in [0, 0.1) is 11.6 Å². The number of nitrogens with one attached hydrogen (secondary N) is 1. The van der Waals surface area contributed by atoms with Crippen LogP contribution >= 0.6 is 11.6 Å². The highest BCUT2D eigenvalue weighted by atomic mass is 35.5. The molecule has 4 rings (SSSR count). The highest BCUT2D eigenvalue weighted by Crippen LogP contribution is 2.47. The van der Waals surface area contributed by atoms with Gasteiger partial charge in [-0.2, -0.15) is 0 Å². The number of ether oxygens (including phenoxy) is 1. The van der Waals surface area contributed by atoms with Crippen molar-refractivity contribution < 1.29 is 18.6 Å². The van der Waals surface area contributed by atoms with E-state index < -0.39 is 23.3 Å². The van der Waals surface area contributed by atoms with E-state index in [1.165, 1.54) is 12.1 Å². The minimum Gasteiger partial charge on any atom is -0.490 e. The van der Waals surface area contributed by atoms with E-state index in [1.54, 1.807) is 25.2 Å². The van der Waals surface area contributed by atoms with E-state index in [0.717, 1.165) is 6.07 Å². The number of aliphatic hydroxyl groups excluding tert-OH is 1. The number of halogens is 3. The van der Waals surface area contributed by atoms with Crippen molar-refractivity contribution in [1.82, 2.24) is 5.32 Å². The van der Waals surface area contributed by atoms with Crippen molar-refractivity contribution in [3.8, 4) is 5.75 Å². The molecule has 0 aromatic heterocycles.